The lowest BCUT2D eigenvalue weighted by molar-refractivity contribution is -0.881. The van der Waals surface area contributed by atoms with Crippen LogP contribution >= 0.6 is 0 Å². The number of amides is 3. The molecule has 1 atom stereocenters. The summed E-state index contributed by atoms with van der Waals surface area (Å²) in [5.41, 5.74) is 1.75. The largest absolute Gasteiger partial charge is 0.497 e. The van der Waals surface area contributed by atoms with Crippen LogP contribution in [0.1, 0.15) is 17.3 Å². The minimum atomic E-state index is -0.205. The van der Waals surface area contributed by atoms with Crippen molar-refractivity contribution >= 4 is 29.1 Å². The second kappa shape index (κ2) is 10.8. The van der Waals surface area contributed by atoms with Gasteiger partial charge in [0.05, 0.1) is 13.7 Å². The molecule has 0 saturated heterocycles. The fraction of sp³-hybridized carbons (Fsp3) is 0.286. The van der Waals surface area contributed by atoms with Crippen LogP contribution in [-0.4, -0.2) is 51.5 Å². The molecule has 1 unspecified atom stereocenters. The van der Waals surface area contributed by atoms with Gasteiger partial charge in [-0.05, 0) is 43.3 Å². The van der Waals surface area contributed by atoms with Gasteiger partial charge in [-0.1, -0.05) is 6.07 Å². The molecule has 0 radical (unpaired) electrons. The number of nitrogens with one attached hydrogen (secondary N) is 4. The van der Waals surface area contributed by atoms with E-state index in [1.807, 2.05) is 6.92 Å². The summed E-state index contributed by atoms with van der Waals surface area (Å²) in [5, 5.41) is 8.15. The predicted molar refractivity (Wildman–Crippen MR) is 111 cm³/mol. The molecule has 154 valence electrons. The Labute approximate surface area is 170 Å². The molecule has 0 saturated carbocycles. The maximum Gasteiger partial charge on any atom is 0.279 e. The van der Waals surface area contributed by atoms with Gasteiger partial charge < -0.3 is 25.6 Å². The fourth-order valence-electron chi connectivity index (χ4n) is 2.73. The van der Waals surface area contributed by atoms with Crippen LogP contribution in [0, 0.1) is 0 Å². The molecule has 0 aromatic heterocycles. The van der Waals surface area contributed by atoms with Gasteiger partial charge in [-0.2, -0.15) is 0 Å². The summed E-state index contributed by atoms with van der Waals surface area (Å²) in [6.45, 7) is 2.85. The molecule has 0 fully saturated rings. The number of rotatable bonds is 9. The van der Waals surface area contributed by atoms with E-state index in [0.717, 1.165) is 4.90 Å². The molecule has 0 heterocycles. The standard InChI is InChI=1S/C21H26N4O4/c1-4-25(14-20(27)24-17-6-5-7-18(12-17)29-3)13-19(26)23-16-10-8-15(9-11-16)21(28)22-2/h5-12H,4,13-14H2,1-3H3,(H,22,28)(H,23,26)(H,24,27)/p+1. The Balaban J connectivity index is 1.87. The Hall–Kier alpha value is -3.39. The number of anilines is 2. The maximum absolute atomic E-state index is 12.3. The van der Waals surface area contributed by atoms with Crippen LogP contribution in [0.25, 0.3) is 0 Å². The second-order valence-electron chi connectivity index (χ2n) is 6.44. The lowest BCUT2D eigenvalue weighted by atomic mass is 10.2. The van der Waals surface area contributed by atoms with E-state index in [-0.39, 0.29) is 30.8 Å². The zero-order valence-corrected chi connectivity index (χ0v) is 16.9. The number of methoxy groups -OCH3 is 1. The van der Waals surface area contributed by atoms with E-state index in [2.05, 4.69) is 16.0 Å². The Bertz CT molecular complexity index is 852. The predicted octanol–water partition coefficient (Wildman–Crippen LogP) is 0.537. The van der Waals surface area contributed by atoms with E-state index in [1.54, 1.807) is 62.7 Å². The highest BCUT2D eigenvalue weighted by atomic mass is 16.5. The number of hydrogen-bond donors (Lipinski definition) is 4. The number of quaternary nitrogens is 1. The van der Waals surface area contributed by atoms with Gasteiger partial charge in [-0.25, -0.2) is 0 Å². The molecule has 8 heteroatoms. The van der Waals surface area contributed by atoms with Gasteiger partial charge in [0.25, 0.3) is 17.7 Å². The molecule has 2 aromatic rings. The quantitative estimate of drug-likeness (QED) is 0.494. The smallest absolute Gasteiger partial charge is 0.279 e. The molecular formula is C21H27N4O4+. The Morgan fingerprint density at radius 3 is 2.10 bits per heavy atom. The molecule has 29 heavy (non-hydrogen) atoms. The van der Waals surface area contributed by atoms with E-state index in [4.69, 9.17) is 4.74 Å². The van der Waals surface area contributed by atoms with Crippen molar-refractivity contribution in [3.8, 4) is 5.75 Å². The van der Waals surface area contributed by atoms with E-state index >= 15 is 0 Å². The maximum atomic E-state index is 12.3. The molecule has 0 spiro atoms. The number of likely N-dealkylation sites (N-methyl/N-ethyl adjacent to an activating group) is 1. The SMILES string of the molecule is CC[NH+](CC(=O)Nc1ccc(C(=O)NC)cc1)CC(=O)Nc1cccc(OC)c1. The molecule has 2 rings (SSSR count). The summed E-state index contributed by atoms with van der Waals surface area (Å²) in [6.07, 6.45) is 0. The Morgan fingerprint density at radius 2 is 1.55 bits per heavy atom. The zero-order valence-electron chi connectivity index (χ0n) is 16.9. The first-order valence-corrected chi connectivity index (χ1v) is 9.34. The highest BCUT2D eigenvalue weighted by Crippen LogP contribution is 2.16. The van der Waals surface area contributed by atoms with Crippen LogP contribution in [0.4, 0.5) is 11.4 Å². The van der Waals surface area contributed by atoms with Crippen LogP contribution in [0.2, 0.25) is 0 Å². The summed E-state index contributed by atoms with van der Waals surface area (Å²) in [5.74, 6) is 0.0809. The lowest BCUT2D eigenvalue weighted by Crippen LogP contribution is -3.13. The molecule has 0 bridgehead atoms. The van der Waals surface area contributed by atoms with Gasteiger partial charge in [-0.3, -0.25) is 14.4 Å². The van der Waals surface area contributed by atoms with Crippen molar-refractivity contribution < 1.29 is 24.0 Å². The van der Waals surface area contributed by atoms with Crippen LogP contribution in [0.5, 0.6) is 5.75 Å². The number of carbonyl (C=O) groups excluding carboxylic acids is 3. The molecular weight excluding hydrogens is 372 g/mol. The van der Waals surface area contributed by atoms with Crippen molar-refractivity contribution in [2.45, 2.75) is 6.92 Å². The third-order valence-electron chi connectivity index (χ3n) is 4.33. The van der Waals surface area contributed by atoms with E-state index in [1.165, 1.54) is 0 Å². The molecule has 8 nitrogen and oxygen atoms in total. The lowest BCUT2D eigenvalue weighted by Gasteiger charge is -2.17. The third-order valence-corrected chi connectivity index (χ3v) is 4.33. The van der Waals surface area contributed by atoms with Gasteiger partial charge >= 0.3 is 0 Å². The molecule has 0 aliphatic heterocycles. The molecule has 0 aliphatic rings. The number of benzene rings is 2. The third kappa shape index (κ3) is 6.93. The first kappa shape index (κ1) is 21.9. The normalized spacial score (nSPS) is 11.3. The Kier molecular flexibility index (Phi) is 8.17. The van der Waals surface area contributed by atoms with Gasteiger partial charge in [0, 0.05) is 30.1 Å². The van der Waals surface area contributed by atoms with Crippen molar-refractivity contribution in [2.24, 2.45) is 0 Å². The van der Waals surface area contributed by atoms with Gasteiger partial charge in [0.1, 0.15) is 5.75 Å². The van der Waals surface area contributed by atoms with Crippen molar-refractivity contribution in [1.82, 2.24) is 5.32 Å². The van der Waals surface area contributed by atoms with E-state index in [9.17, 15) is 14.4 Å². The first-order chi connectivity index (χ1) is 13.9. The molecule has 2 aromatic carbocycles. The van der Waals surface area contributed by atoms with Crippen molar-refractivity contribution in [2.75, 3.05) is 44.4 Å². The van der Waals surface area contributed by atoms with Crippen molar-refractivity contribution in [3.05, 3.63) is 54.1 Å². The van der Waals surface area contributed by atoms with Crippen LogP contribution in [0.3, 0.4) is 0 Å². The highest BCUT2D eigenvalue weighted by molar-refractivity contribution is 5.96. The van der Waals surface area contributed by atoms with E-state index < -0.39 is 0 Å². The summed E-state index contributed by atoms with van der Waals surface area (Å²) < 4.78 is 5.14. The summed E-state index contributed by atoms with van der Waals surface area (Å²) in [4.78, 5) is 37.0. The van der Waals surface area contributed by atoms with E-state index in [0.29, 0.717) is 29.2 Å². The minimum absolute atomic E-state index is 0.152. The second-order valence-corrected chi connectivity index (χ2v) is 6.44. The highest BCUT2D eigenvalue weighted by Gasteiger charge is 2.17. The molecule has 3 amide bonds. The summed E-state index contributed by atoms with van der Waals surface area (Å²) >= 11 is 0. The van der Waals surface area contributed by atoms with Crippen LogP contribution in [-0.2, 0) is 9.59 Å². The summed E-state index contributed by atoms with van der Waals surface area (Å²) in [7, 11) is 3.12. The van der Waals surface area contributed by atoms with Crippen molar-refractivity contribution in [3.63, 3.8) is 0 Å². The first-order valence-electron chi connectivity index (χ1n) is 9.34. The number of hydrogen-bond acceptors (Lipinski definition) is 4. The van der Waals surface area contributed by atoms with Crippen molar-refractivity contribution in [1.29, 1.82) is 0 Å². The average Bonchev–Trinajstić information content (AvgIpc) is 2.73. The topological polar surface area (TPSA) is 101 Å². The average molecular weight is 399 g/mol. The number of carbonyl (C=O) groups is 3. The molecule has 0 aliphatic carbocycles. The zero-order chi connectivity index (χ0) is 21.2. The van der Waals surface area contributed by atoms with Gasteiger partial charge in [0.2, 0.25) is 0 Å². The van der Waals surface area contributed by atoms with Crippen LogP contribution in [0.15, 0.2) is 48.5 Å². The molecule has 4 N–H and O–H groups in total. The van der Waals surface area contributed by atoms with Gasteiger partial charge in [0.15, 0.2) is 13.1 Å². The monoisotopic (exact) mass is 399 g/mol. The summed E-state index contributed by atoms with van der Waals surface area (Å²) in [6, 6.07) is 13.7. The fourth-order valence-corrected chi connectivity index (χ4v) is 2.73. The Morgan fingerprint density at radius 1 is 0.931 bits per heavy atom. The number of ether oxygens (including phenoxy) is 1. The minimum Gasteiger partial charge on any atom is -0.497 e. The van der Waals surface area contributed by atoms with Crippen LogP contribution < -0.4 is 25.6 Å². The van der Waals surface area contributed by atoms with Gasteiger partial charge in [-0.15, -0.1) is 0 Å².